The Hall–Kier alpha value is -1.59. The second kappa shape index (κ2) is 6.24. The Morgan fingerprint density at radius 2 is 2.25 bits per heavy atom. The van der Waals surface area contributed by atoms with Crippen molar-refractivity contribution in [2.75, 3.05) is 30.4 Å². The summed E-state index contributed by atoms with van der Waals surface area (Å²) in [6.07, 6.45) is 0.421. The standard InChI is InChI=1S/C15H23N3O2/c1-4-16-14-12-6-5-11(9-13(12)17-15(14)20)18(3)8-7-10(2)19/h5-6,9-10,14,16,19H,4,7-8H2,1-3H3,(H,17,20). The van der Waals surface area contributed by atoms with E-state index in [0.717, 1.165) is 36.4 Å². The van der Waals surface area contributed by atoms with Crippen molar-refractivity contribution in [2.24, 2.45) is 0 Å². The second-order valence-electron chi connectivity index (χ2n) is 5.31. The number of aliphatic hydroxyl groups excluding tert-OH is 1. The minimum Gasteiger partial charge on any atom is -0.393 e. The van der Waals surface area contributed by atoms with Crippen LogP contribution < -0.4 is 15.5 Å². The topological polar surface area (TPSA) is 64.6 Å². The Labute approximate surface area is 120 Å². The zero-order valence-corrected chi connectivity index (χ0v) is 12.3. The van der Waals surface area contributed by atoms with Gasteiger partial charge in [-0.25, -0.2) is 0 Å². The highest BCUT2D eigenvalue weighted by Gasteiger charge is 2.29. The normalized spacial score (nSPS) is 18.6. The van der Waals surface area contributed by atoms with E-state index in [4.69, 9.17) is 0 Å². The monoisotopic (exact) mass is 277 g/mol. The van der Waals surface area contributed by atoms with Gasteiger partial charge >= 0.3 is 0 Å². The molecule has 0 spiro atoms. The van der Waals surface area contributed by atoms with E-state index in [-0.39, 0.29) is 18.1 Å². The number of hydrogen-bond acceptors (Lipinski definition) is 4. The first-order chi connectivity index (χ1) is 9.52. The van der Waals surface area contributed by atoms with Crippen LogP contribution in [0.25, 0.3) is 0 Å². The van der Waals surface area contributed by atoms with Crippen LogP contribution >= 0.6 is 0 Å². The molecule has 0 saturated heterocycles. The molecule has 2 rings (SSSR count). The van der Waals surface area contributed by atoms with E-state index in [2.05, 4.69) is 15.5 Å². The van der Waals surface area contributed by atoms with Crippen LogP contribution in [0, 0.1) is 0 Å². The molecule has 3 N–H and O–H groups in total. The first kappa shape index (κ1) is 14.8. The average molecular weight is 277 g/mol. The molecule has 1 aromatic rings. The highest BCUT2D eigenvalue weighted by atomic mass is 16.3. The van der Waals surface area contributed by atoms with Crippen molar-refractivity contribution >= 4 is 17.3 Å². The summed E-state index contributed by atoms with van der Waals surface area (Å²) in [4.78, 5) is 14.0. The number of aliphatic hydroxyl groups is 1. The van der Waals surface area contributed by atoms with Crippen molar-refractivity contribution in [3.8, 4) is 0 Å². The summed E-state index contributed by atoms with van der Waals surface area (Å²) < 4.78 is 0. The molecule has 0 bridgehead atoms. The fraction of sp³-hybridized carbons (Fsp3) is 0.533. The van der Waals surface area contributed by atoms with Crippen molar-refractivity contribution in [2.45, 2.75) is 32.4 Å². The summed E-state index contributed by atoms with van der Waals surface area (Å²) in [5.41, 5.74) is 2.92. The molecule has 1 aromatic carbocycles. The molecule has 1 amide bonds. The highest BCUT2D eigenvalue weighted by molar-refractivity contribution is 6.03. The van der Waals surface area contributed by atoms with Gasteiger partial charge < -0.3 is 20.6 Å². The zero-order chi connectivity index (χ0) is 14.7. The summed E-state index contributed by atoms with van der Waals surface area (Å²) >= 11 is 0. The van der Waals surface area contributed by atoms with Crippen LogP contribution in [0.5, 0.6) is 0 Å². The van der Waals surface area contributed by atoms with E-state index in [1.165, 1.54) is 0 Å². The zero-order valence-electron chi connectivity index (χ0n) is 12.3. The number of rotatable bonds is 6. The first-order valence-electron chi connectivity index (χ1n) is 7.10. The molecule has 1 aliphatic heterocycles. The number of amides is 1. The smallest absolute Gasteiger partial charge is 0.246 e. The van der Waals surface area contributed by atoms with Crippen molar-refractivity contribution in [1.82, 2.24) is 5.32 Å². The van der Waals surface area contributed by atoms with Gasteiger partial charge in [0.1, 0.15) is 6.04 Å². The Bertz CT molecular complexity index is 488. The Morgan fingerprint density at radius 1 is 1.50 bits per heavy atom. The summed E-state index contributed by atoms with van der Waals surface area (Å²) in [6.45, 7) is 5.32. The molecule has 5 heteroatoms. The van der Waals surface area contributed by atoms with E-state index in [1.54, 1.807) is 6.92 Å². The number of benzene rings is 1. The second-order valence-corrected chi connectivity index (χ2v) is 5.31. The average Bonchev–Trinajstić information content (AvgIpc) is 2.72. The molecule has 0 fully saturated rings. The van der Waals surface area contributed by atoms with Crippen LogP contribution in [0.15, 0.2) is 18.2 Å². The molecular weight excluding hydrogens is 254 g/mol. The SMILES string of the molecule is CCNC1C(=O)Nc2cc(N(C)CCC(C)O)ccc21. The fourth-order valence-electron chi connectivity index (χ4n) is 2.40. The molecular formula is C15H23N3O2. The molecule has 2 unspecified atom stereocenters. The molecule has 0 aromatic heterocycles. The third kappa shape index (κ3) is 3.11. The molecule has 2 atom stereocenters. The molecule has 1 aliphatic rings. The van der Waals surface area contributed by atoms with Gasteiger partial charge in [0.15, 0.2) is 0 Å². The lowest BCUT2D eigenvalue weighted by molar-refractivity contribution is -0.117. The number of nitrogens with zero attached hydrogens (tertiary/aromatic N) is 1. The maximum Gasteiger partial charge on any atom is 0.246 e. The van der Waals surface area contributed by atoms with E-state index in [9.17, 15) is 9.90 Å². The molecule has 0 radical (unpaired) electrons. The number of fused-ring (bicyclic) bond motifs is 1. The number of hydrogen-bond donors (Lipinski definition) is 3. The van der Waals surface area contributed by atoms with Crippen LogP contribution in [0.2, 0.25) is 0 Å². The minimum absolute atomic E-state index is 0.00522. The lowest BCUT2D eigenvalue weighted by atomic mass is 10.1. The summed E-state index contributed by atoms with van der Waals surface area (Å²) in [5.74, 6) is 0.00522. The van der Waals surface area contributed by atoms with E-state index in [0.29, 0.717) is 0 Å². The van der Waals surface area contributed by atoms with Crippen LogP contribution in [-0.2, 0) is 4.79 Å². The van der Waals surface area contributed by atoms with Gasteiger partial charge in [0.05, 0.1) is 6.10 Å². The van der Waals surface area contributed by atoms with Gasteiger partial charge in [0, 0.05) is 30.5 Å². The lowest BCUT2D eigenvalue weighted by Crippen LogP contribution is -2.27. The molecule has 5 nitrogen and oxygen atoms in total. The molecule has 1 heterocycles. The highest BCUT2D eigenvalue weighted by Crippen LogP contribution is 2.33. The van der Waals surface area contributed by atoms with Gasteiger partial charge in [-0.2, -0.15) is 0 Å². The van der Waals surface area contributed by atoms with Crippen molar-refractivity contribution in [1.29, 1.82) is 0 Å². The number of likely N-dealkylation sites (N-methyl/N-ethyl adjacent to an activating group) is 1. The largest absolute Gasteiger partial charge is 0.393 e. The fourth-order valence-corrected chi connectivity index (χ4v) is 2.40. The van der Waals surface area contributed by atoms with Crippen LogP contribution in [0.1, 0.15) is 31.9 Å². The minimum atomic E-state index is -0.301. The van der Waals surface area contributed by atoms with Crippen molar-refractivity contribution < 1.29 is 9.90 Å². The maximum atomic E-state index is 11.9. The summed E-state index contributed by atoms with van der Waals surface area (Å²) in [7, 11) is 1.99. The van der Waals surface area contributed by atoms with Crippen molar-refractivity contribution in [3.05, 3.63) is 23.8 Å². The number of anilines is 2. The van der Waals surface area contributed by atoms with Crippen LogP contribution in [-0.4, -0.2) is 37.3 Å². The lowest BCUT2D eigenvalue weighted by Gasteiger charge is -2.21. The van der Waals surface area contributed by atoms with E-state index < -0.39 is 0 Å². The van der Waals surface area contributed by atoms with E-state index >= 15 is 0 Å². The molecule has 0 aliphatic carbocycles. The third-order valence-electron chi connectivity index (χ3n) is 3.60. The number of nitrogens with one attached hydrogen (secondary N) is 2. The summed E-state index contributed by atoms with van der Waals surface area (Å²) in [6, 6.07) is 5.76. The Kier molecular flexibility index (Phi) is 4.62. The quantitative estimate of drug-likeness (QED) is 0.737. The molecule has 20 heavy (non-hydrogen) atoms. The molecule has 0 saturated carbocycles. The number of carbonyl (C=O) groups excluding carboxylic acids is 1. The van der Waals surface area contributed by atoms with Gasteiger partial charge in [0.25, 0.3) is 0 Å². The first-order valence-corrected chi connectivity index (χ1v) is 7.10. The maximum absolute atomic E-state index is 11.9. The van der Waals surface area contributed by atoms with Gasteiger partial charge in [-0.15, -0.1) is 0 Å². The summed E-state index contributed by atoms with van der Waals surface area (Å²) in [5, 5.41) is 15.4. The third-order valence-corrected chi connectivity index (χ3v) is 3.60. The van der Waals surface area contributed by atoms with Crippen molar-refractivity contribution in [3.63, 3.8) is 0 Å². The Morgan fingerprint density at radius 3 is 2.90 bits per heavy atom. The van der Waals surface area contributed by atoms with Crippen LogP contribution in [0.4, 0.5) is 11.4 Å². The molecule has 110 valence electrons. The predicted octanol–water partition coefficient (Wildman–Crippen LogP) is 1.50. The van der Waals surface area contributed by atoms with Gasteiger partial charge in [-0.05, 0) is 32.0 Å². The van der Waals surface area contributed by atoms with E-state index in [1.807, 2.05) is 32.2 Å². The Balaban J connectivity index is 2.13. The van der Waals surface area contributed by atoms with Crippen LogP contribution in [0.3, 0.4) is 0 Å². The van der Waals surface area contributed by atoms with Gasteiger partial charge in [-0.1, -0.05) is 13.0 Å². The predicted molar refractivity (Wildman–Crippen MR) is 81.1 cm³/mol. The number of carbonyl (C=O) groups is 1. The van der Waals surface area contributed by atoms with Gasteiger partial charge in [0.2, 0.25) is 5.91 Å². The van der Waals surface area contributed by atoms with Gasteiger partial charge in [-0.3, -0.25) is 4.79 Å².